The monoisotopic (exact) mass is 2130 g/mol. The number of carboxylic acid groups (broad SMARTS) is 10. The number of hydrogen-bond donors (Lipinski definition) is 14. The molecule has 47 heteroatoms. The standard InChI is InChI=1S/C11H19NO5.C6H7NO5.C6H5NO5.C4H5NO5.2C3H3NO5.10Ag.Cu/c1-3-5-6-8(4-2)7-17-12-9(10(13)14)11(15)16;2*1-2-3-12-7-4(5(8)9)6(10)11;1-10-5-2(3(6)7)4(8)9;2*5-2(6)1(4-9)3(7)8;;;;;;;;;;;/h8H,3-7H2,1-2H3,(H,13,14)(H,15,16);2H,1,3H2,(H,8,9)(H,10,11);1H,3H2,(H,8,9)(H,10,11);1H3,(H,6,7)(H,8,9);2*5-6H,(H,7,8);;;;;;;;;;;. The van der Waals surface area contributed by atoms with Crippen LogP contribution in [-0.2, 0) is 308 Å². The maximum absolute atomic E-state index is 10.5. The average molecular weight is 2140 g/mol. The first-order chi connectivity index (χ1) is 32.0. The summed E-state index contributed by atoms with van der Waals surface area (Å²) in [5.41, 5.74) is -6.79. The third-order valence-corrected chi connectivity index (χ3v) is 5.48. The van der Waals surface area contributed by atoms with Crippen molar-refractivity contribution in [3.8, 4) is 12.3 Å². The Balaban J connectivity index is -0.0000000391. The summed E-state index contributed by atoms with van der Waals surface area (Å²) in [5, 5.41) is 129. The van der Waals surface area contributed by atoms with Gasteiger partial charge in [0.1, 0.15) is 20.3 Å². The van der Waals surface area contributed by atoms with Crippen LogP contribution in [0.15, 0.2) is 66.9 Å². The number of terminal acetylenes is 1. The second kappa shape index (κ2) is 80.9. The third-order valence-electron chi connectivity index (χ3n) is 5.48. The SMILES string of the molecule is C#CCON=C(C(=O)O)C(=O)O.C=CCON=C(C(=O)O)C(=O)O.CCCCC(CC)CON=C(C(=O)O)C(=O)O.CON=C(C(=O)O)C(=O)O.O=NC(C(=O)O)=C(O)O.O=NC(C(=O)O)=C(O)O.[Ag].[Ag].[Ag].[Ag].[Ag].[Ag].[Ag].[Ag].[Ag].[Ag].[Cu]. The van der Waals surface area contributed by atoms with Crippen molar-refractivity contribution in [3.05, 3.63) is 45.8 Å². The predicted molar refractivity (Wildman–Crippen MR) is 219 cm³/mol. The second-order valence-corrected chi connectivity index (χ2v) is 10.3. The van der Waals surface area contributed by atoms with Crippen LogP contribution in [0.2, 0.25) is 0 Å². The van der Waals surface area contributed by atoms with Crippen molar-refractivity contribution in [2.45, 2.75) is 39.5 Å². The fraction of sp³-hybridized carbons (Fsp3) is 0.333. The largest absolute Gasteiger partial charge is 0.479 e. The molecule has 0 saturated heterocycles. The molecule has 0 aliphatic carbocycles. The van der Waals surface area contributed by atoms with Crippen LogP contribution >= 0.6 is 0 Å². The molecule has 0 fully saturated rings. The van der Waals surface area contributed by atoms with Crippen LogP contribution < -0.4 is 0 Å². The van der Waals surface area contributed by atoms with Gasteiger partial charge < -0.3 is 90.8 Å². The molecule has 0 spiro atoms. The molecule has 0 bridgehead atoms. The van der Waals surface area contributed by atoms with Crippen molar-refractivity contribution in [2.75, 3.05) is 26.9 Å². The van der Waals surface area contributed by atoms with E-state index in [-0.39, 0.29) is 267 Å². The van der Waals surface area contributed by atoms with Crippen LogP contribution in [0.5, 0.6) is 0 Å². The number of aliphatic hydroxyl groups is 4. The molecule has 0 aliphatic heterocycles. The molecule has 0 heterocycles. The van der Waals surface area contributed by atoms with Gasteiger partial charge >= 0.3 is 71.6 Å². The molecule has 0 saturated carbocycles. The summed E-state index contributed by atoms with van der Waals surface area (Å²) in [5.74, 6) is -17.6. The minimum atomic E-state index is -1.77. The summed E-state index contributed by atoms with van der Waals surface area (Å²) < 4.78 is 0. The van der Waals surface area contributed by atoms with E-state index < -0.39 is 106 Å². The molecule has 505 valence electrons. The Labute approximate surface area is 615 Å². The number of carboxylic acids is 10. The van der Waals surface area contributed by atoms with E-state index in [1.807, 2.05) is 23.2 Å². The Morgan fingerprint density at radius 2 is 0.762 bits per heavy atom. The van der Waals surface area contributed by atoms with Gasteiger partial charge in [-0.25, -0.2) is 47.9 Å². The van der Waals surface area contributed by atoms with Crippen molar-refractivity contribution in [1.29, 1.82) is 0 Å². The van der Waals surface area contributed by atoms with E-state index >= 15 is 0 Å². The zero-order chi connectivity index (χ0) is 55.4. The van der Waals surface area contributed by atoms with E-state index in [1.54, 1.807) is 0 Å². The van der Waals surface area contributed by atoms with E-state index in [1.165, 1.54) is 6.08 Å². The fourth-order valence-electron chi connectivity index (χ4n) is 2.51. The number of hydrogen-bond acceptors (Lipinski definition) is 26. The number of rotatable bonds is 25. The molecule has 1 unspecified atom stereocenters. The van der Waals surface area contributed by atoms with Gasteiger partial charge in [-0.2, -0.15) is 0 Å². The molecule has 0 aromatic carbocycles. The van der Waals surface area contributed by atoms with Crippen molar-refractivity contribution >= 4 is 82.5 Å². The Morgan fingerprint density at radius 1 is 0.487 bits per heavy atom. The van der Waals surface area contributed by atoms with Crippen LogP contribution in [0, 0.1) is 28.1 Å². The molecular formula is C33H42Ag10CuN6O30. The molecular weight excluding hydrogens is 2100 g/mol. The molecule has 80 heavy (non-hydrogen) atoms. The molecule has 0 amide bonds. The average Bonchev–Trinajstić information content (AvgIpc) is 3.22. The van der Waals surface area contributed by atoms with Gasteiger partial charge in [0.25, 0.3) is 34.2 Å². The summed E-state index contributed by atoms with van der Waals surface area (Å²) in [6, 6.07) is 0. The van der Waals surface area contributed by atoms with Crippen LogP contribution in [0.4, 0.5) is 0 Å². The summed E-state index contributed by atoms with van der Waals surface area (Å²) in [4.78, 5) is 137. The smallest absolute Gasteiger partial charge is 0.365 e. The summed E-state index contributed by atoms with van der Waals surface area (Å²) >= 11 is 0. The molecule has 1 atom stereocenters. The first kappa shape index (κ1) is 124. The minimum Gasteiger partial charge on any atom is -0.479 e. The van der Waals surface area contributed by atoms with E-state index in [9.17, 15) is 57.8 Å². The number of aliphatic carboxylic acids is 10. The first-order valence-corrected chi connectivity index (χ1v) is 17.0. The number of nitrogens with zero attached hydrogens (tertiary/aromatic N) is 6. The van der Waals surface area contributed by atoms with Gasteiger partial charge in [-0.1, -0.05) is 65.9 Å². The van der Waals surface area contributed by atoms with Gasteiger partial charge in [0.15, 0.2) is 6.61 Å². The quantitative estimate of drug-likeness (QED) is 0.00546. The Kier molecular flexibility index (Phi) is 125. The Hall–Kier alpha value is -2.32. The Bertz CT molecular complexity index is 1980. The number of oxime groups is 4. The molecule has 0 aliphatic rings. The number of nitroso groups, excluding NO2 is 2. The van der Waals surface area contributed by atoms with E-state index in [2.05, 4.69) is 48.6 Å². The van der Waals surface area contributed by atoms with E-state index in [4.69, 9.17) is 82.8 Å². The molecule has 0 aromatic heterocycles. The molecule has 11 radical (unpaired) electrons. The van der Waals surface area contributed by atoms with Crippen molar-refractivity contribution in [3.63, 3.8) is 0 Å². The second-order valence-electron chi connectivity index (χ2n) is 10.3. The zero-order valence-corrected chi connectivity index (χ0v) is 54.4. The molecule has 36 nitrogen and oxygen atoms in total. The summed E-state index contributed by atoms with van der Waals surface area (Å²) in [7, 11) is 1.06. The first-order valence-electron chi connectivity index (χ1n) is 17.0. The number of unbranched alkanes of at least 4 members (excludes halogenated alkanes) is 1. The molecule has 0 aromatic rings. The topological polar surface area (TPSA) is 599 Å². The van der Waals surface area contributed by atoms with Gasteiger partial charge in [0.2, 0.25) is 0 Å². The predicted octanol–water partition coefficient (Wildman–Crippen LogP) is -0.00430. The normalized spacial score (nSPS) is 7.72. The number of carbonyl (C=O) groups is 10. The minimum absolute atomic E-state index is 0. The summed E-state index contributed by atoms with van der Waals surface area (Å²) in [6.45, 7) is 7.28. The van der Waals surface area contributed by atoms with Crippen molar-refractivity contribution in [2.24, 2.45) is 36.9 Å². The van der Waals surface area contributed by atoms with Crippen LogP contribution in [0.1, 0.15) is 39.5 Å². The van der Waals surface area contributed by atoms with Gasteiger partial charge in [0.05, 0.1) is 0 Å². The Morgan fingerprint density at radius 3 is 0.938 bits per heavy atom. The van der Waals surface area contributed by atoms with Crippen LogP contribution in [0.25, 0.3) is 0 Å². The van der Waals surface area contributed by atoms with Gasteiger partial charge in [-0.3, -0.25) is 0 Å². The maximum Gasteiger partial charge on any atom is 0.365 e. The van der Waals surface area contributed by atoms with Gasteiger partial charge in [0, 0.05) is 241 Å². The van der Waals surface area contributed by atoms with Gasteiger partial charge in [-0.05, 0) is 29.1 Å². The summed E-state index contributed by atoms with van der Waals surface area (Å²) in [6.07, 6.45) is 10.0. The van der Waals surface area contributed by atoms with E-state index in [0.29, 0.717) is 0 Å². The van der Waals surface area contributed by atoms with Crippen molar-refractivity contribution in [1.82, 2.24) is 0 Å². The maximum atomic E-state index is 10.5. The zero-order valence-electron chi connectivity index (χ0n) is 38.7. The van der Waals surface area contributed by atoms with Gasteiger partial charge in [-0.15, -0.1) is 16.2 Å². The molecule has 14 N–H and O–H groups in total. The van der Waals surface area contributed by atoms with Crippen LogP contribution in [-0.4, -0.2) is 181 Å². The molecule has 0 rings (SSSR count). The third kappa shape index (κ3) is 75.7. The van der Waals surface area contributed by atoms with Crippen LogP contribution in [0.3, 0.4) is 0 Å². The number of aliphatic hydroxyl groups excluding tert-OH is 2. The fourth-order valence-corrected chi connectivity index (χ4v) is 2.51. The van der Waals surface area contributed by atoms with Crippen molar-refractivity contribution < 1.29 is 380 Å². The van der Waals surface area contributed by atoms with E-state index in [0.717, 1.165) is 32.8 Å².